The first-order chi connectivity index (χ1) is 17.9. The number of pyridine rings is 1. The van der Waals surface area contributed by atoms with Gasteiger partial charge in [0.25, 0.3) is 0 Å². The topological polar surface area (TPSA) is 130 Å². The van der Waals surface area contributed by atoms with E-state index in [2.05, 4.69) is 15.2 Å². The van der Waals surface area contributed by atoms with Gasteiger partial charge in [-0.25, -0.2) is 23.5 Å². The van der Waals surface area contributed by atoms with Crippen molar-refractivity contribution in [3.8, 4) is 11.4 Å². The van der Waals surface area contributed by atoms with Gasteiger partial charge in [0.15, 0.2) is 11.6 Å². The van der Waals surface area contributed by atoms with Crippen LogP contribution in [0.15, 0.2) is 55.0 Å². The van der Waals surface area contributed by atoms with E-state index in [1.165, 1.54) is 6.07 Å². The lowest BCUT2D eigenvalue weighted by atomic mass is 10.1. The minimum atomic E-state index is -1.37. The highest BCUT2D eigenvalue weighted by Crippen LogP contribution is 2.34. The fourth-order valence-corrected chi connectivity index (χ4v) is 4.17. The van der Waals surface area contributed by atoms with Crippen LogP contribution in [0.2, 0.25) is 0 Å². The lowest BCUT2D eigenvalue weighted by Gasteiger charge is -2.20. The summed E-state index contributed by atoms with van der Waals surface area (Å²) >= 11 is 0. The summed E-state index contributed by atoms with van der Waals surface area (Å²) in [5, 5.41) is 19.4. The van der Waals surface area contributed by atoms with E-state index in [-0.39, 0.29) is 17.1 Å². The molecular weight excluding hydrogens is 479 g/mol. The second-order valence-electron chi connectivity index (χ2n) is 8.56. The Hall–Kier alpha value is -4.51. The Kier molecular flexibility index (Phi) is 6.45. The summed E-state index contributed by atoms with van der Waals surface area (Å²) in [6.45, 7) is 4.85. The number of aromatic carboxylic acids is 1. The van der Waals surface area contributed by atoms with E-state index in [0.29, 0.717) is 18.7 Å². The highest BCUT2D eigenvalue weighted by atomic mass is 19.1. The molecule has 1 atom stereocenters. The standard InChI is InChI=1S/C26H25FN6O4/c1-3-7-36-14-33-22-11-18(23(9-17(22)13-30-33)32-6-4-5-29-32)15(2)37-24-10-16-8-19(26(34)35)20(27)12-21(16)31-25(24)28/h4-6,8-13,15H,3,7,14H2,1-2H3,(H2,28,31)(H,34,35). The highest BCUT2D eigenvalue weighted by Gasteiger charge is 2.20. The molecule has 0 saturated heterocycles. The number of halogens is 1. The highest BCUT2D eigenvalue weighted by molar-refractivity contribution is 5.94. The van der Waals surface area contributed by atoms with E-state index >= 15 is 0 Å². The fourth-order valence-electron chi connectivity index (χ4n) is 4.17. The lowest BCUT2D eigenvalue weighted by molar-refractivity contribution is 0.0692. The van der Waals surface area contributed by atoms with Gasteiger partial charge in [-0.3, -0.25) is 0 Å². The van der Waals surface area contributed by atoms with E-state index < -0.39 is 23.5 Å². The first kappa shape index (κ1) is 24.2. The maximum absolute atomic E-state index is 14.1. The molecule has 0 radical (unpaired) electrons. The summed E-state index contributed by atoms with van der Waals surface area (Å²) in [6, 6.07) is 9.61. The number of carboxylic acid groups (broad SMARTS) is 1. The molecule has 0 fully saturated rings. The third-order valence-corrected chi connectivity index (χ3v) is 5.97. The van der Waals surface area contributed by atoms with E-state index in [1.54, 1.807) is 27.8 Å². The molecule has 0 aliphatic carbocycles. The first-order valence-corrected chi connectivity index (χ1v) is 11.7. The second-order valence-corrected chi connectivity index (χ2v) is 8.56. The Morgan fingerprint density at radius 2 is 2.03 bits per heavy atom. The molecule has 0 aliphatic heterocycles. The third kappa shape index (κ3) is 4.68. The van der Waals surface area contributed by atoms with Crippen molar-refractivity contribution in [2.45, 2.75) is 33.1 Å². The molecule has 0 amide bonds. The summed E-state index contributed by atoms with van der Waals surface area (Å²) in [5.41, 5.74) is 8.37. The summed E-state index contributed by atoms with van der Waals surface area (Å²) in [4.78, 5) is 15.6. The van der Waals surface area contributed by atoms with Gasteiger partial charge in [-0.2, -0.15) is 10.2 Å². The largest absolute Gasteiger partial charge is 0.482 e. The number of hydrogen-bond acceptors (Lipinski definition) is 7. The molecule has 0 bridgehead atoms. The Labute approximate surface area is 211 Å². The van der Waals surface area contributed by atoms with Crippen molar-refractivity contribution in [3.05, 3.63) is 71.9 Å². The number of nitrogen functional groups attached to an aromatic ring is 1. The number of hydrogen-bond donors (Lipinski definition) is 2. The molecule has 5 rings (SSSR count). The zero-order valence-electron chi connectivity index (χ0n) is 20.3. The zero-order valence-corrected chi connectivity index (χ0v) is 20.3. The number of nitrogens with zero attached hydrogens (tertiary/aromatic N) is 5. The van der Waals surface area contributed by atoms with Crippen LogP contribution in [0.25, 0.3) is 27.5 Å². The van der Waals surface area contributed by atoms with Crippen LogP contribution >= 0.6 is 0 Å². The van der Waals surface area contributed by atoms with Crippen LogP contribution in [-0.4, -0.2) is 42.2 Å². The fraction of sp³-hybridized carbons (Fsp3) is 0.231. The molecule has 37 heavy (non-hydrogen) atoms. The molecule has 1 unspecified atom stereocenters. The van der Waals surface area contributed by atoms with Gasteiger partial charge in [-0.05, 0) is 43.7 Å². The quantitative estimate of drug-likeness (QED) is 0.276. The molecule has 3 heterocycles. The number of aromatic nitrogens is 5. The van der Waals surface area contributed by atoms with Crippen LogP contribution in [0.1, 0.15) is 42.3 Å². The van der Waals surface area contributed by atoms with E-state index in [4.69, 9.17) is 15.2 Å². The average Bonchev–Trinajstić information content (AvgIpc) is 3.54. The number of rotatable bonds is 9. The first-order valence-electron chi connectivity index (χ1n) is 11.7. The summed E-state index contributed by atoms with van der Waals surface area (Å²) < 4.78 is 29.6. The number of anilines is 1. The monoisotopic (exact) mass is 504 g/mol. The molecule has 0 spiro atoms. The van der Waals surface area contributed by atoms with Gasteiger partial charge in [0.05, 0.1) is 28.5 Å². The number of ether oxygens (including phenoxy) is 2. The number of nitrogens with two attached hydrogens (primary N) is 1. The van der Waals surface area contributed by atoms with Gasteiger partial charge in [-0.1, -0.05) is 6.92 Å². The van der Waals surface area contributed by atoms with Crippen LogP contribution in [-0.2, 0) is 11.5 Å². The zero-order chi connectivity index (χ0) is 26.1. The Morgan fingerprint density at radius 3 is 2.76 bits per heavy atom. The maximum atomic E-state index is 14.1. The predicted octanol–water partition coefficient (Wildman–Crippen LogP) is 4.71. The molecule has 0 aliphatic rings. The van der Waals surface area contributed by atoms with Crippen molar-refractivity contribution in [2.24, 2.45) is 0 Å². The van der Waals surface area contributed by atoms with Crippen LogP contribution in [0.5, 0.6) is 5.75 Å². The third-order valence-electron chi connectivity index (χ3n) is 5.97. The molecular formula is C26H25FN6O4. The normalized spacial score (nSPS) is 12.3. The van der Waals surface area contributed by atoms with Crippen LogP contribution < -0.4 is 10.5 Å². The van der Waals surface area contributed by atoms with Gasteiger partial charge in [-0.15, -0.1) is 0 Å². The van der Waals surface area contributed by atoms with Gasteiger partial charge in [0, 0.05) is 41.4 Å². The molecule has 5 aromatic rings. The number of benzene rings is 2. The van der Waals surface area contributed by atoms with Gasteiger partial charge in [0.1, 0.15) is 18.7 Å². The van der Waals surface area contributed by atoms with Gasteiger partial charge >= 0.3 is 5.97 Å². The van der Waals surface area contributed by atoms with E-state index in [0.717, 1.165) is 34.6 Å². The van der Waals surface area contributed by atoms with Crippen LogP contribution in [0, 0.1) is 5.82 Å². The predicted molar refractivity (Wildman–Crippen MR) is 135 cm³/mol. The summed E-state index contributed by atoms with van der Waals surface area (Å²) in [6.07, 6.45) is 5.67. The average molecular weight is 505 g/mol. The molecule has 10 nitrogen and oxygen atoms in total. The van der Waals surface area contributed by atoms with E-state index in [1.807, 2.05) is 38.2 Å². The molecule has 11 heteroatoms. The SMILES string of the molecule is CCCOCn1ncc2cc(-n3cccn3)c(C(C)Oc3cc4cc(C(=O)O)c(F)cc4nc3N)cc21. The van der Waals surface area contributed by atoms with Crippen molar-refractivity contribution in [1.29, 1.82) is 0 Å². The van der Waals surface area contributed by atoms with Crippen molar-refractivity contribution in [2.75, 3.05) is 12.3 Å². The molecule has 3 aromatic heterocycles. The molecule has 2 aromatic carbocycles. The Morgan fingerprint density at radius 1 is 1.19 bits per heavy atom. The smallest absolute Gasteiger partial charge is 0.338 e. The van der Waals surface area contributed by atoms with Gasteiger partial charge in [0.2, 0.25) is 0 Å². The van der Waals surface area contributed by atoms with Gasteiger partial charge < -0.3 is 20.3 Å². The van der Waals surface area contributed by atoms with Crippen LogP contribution in [0.4, 0.5) is 10.2 Å². The minimum absolute atomic E-state index is 0.0570. The van der Waals surface area contributed by atoms with Crippen molar-refractivity contribution >= 4 is 33.6 Å². The summed E-state index contributed by atoms with van der Waals surface area (Å²) in [7, 11) is 0. The van der Waals surface area contributed by atoms with E-state index in [9.17, 15) is 14.3 Å². The van der Waals surface area contributed by atoms with Crippen molar-refractivity contribution in [1.82, 2.24) is 24.5 Å². The Bertz CT molecular complexity index is 1600. The summed E-state index contributed by atoms with van der Waals surface area (Å²) in [5.74, 6) is -1.95. The minimum Gasteiger partial charge on any atom is -0.482 e. The number of fused-ring (bicyclic) bond motifs is 2. The maximum Gasteiger partial charge on any atom is 0.338 e. The molecule has 3 N–H and O–H groups in total. The molecule has 0 saturated carbocycles. The lowest BCUT2D eigenvalue weighted by Crippen LogP contribution is -2.11. The van der Waals surface area contributed by atoms with Crippen molar-refractivity contribution < 1.29 is 23.8 Å². The van der Waals surface area contributed by atoms with Crippen molar-refractivity contribution in [3.63, 3.8) is 0 Å². The Balaban J connectivity index is 1.55. The molecule has 190 valence electrons. The second kappa shape index (κ2) is 9.86. The number of carboxylic acids is 1. The van der Waals surface area contributed by atoms with Crippen LogP contribution in [0.3, 0.4) is 0 Å². The number of carbonyl (C=O) groups is 1.